The normalized spacial score (nSPS) is 11.7. The van der Waals surface area contributed by atoms with Gasteiger partial charge < -0.3 is 14.7 Å². The van der Waals surface area contributed by atoms with E-state index < -0.39 is 11.4 Å². The maximum absolute atomic E-state index is 13.5. The van der Waals surface area contributed by atoms with Crippen LogP contribution in [-0.4, -0.2) is 42.2 Å². The number of methoxy groups -OCH3 is 1. The van der Waals surface area contributed by atoms with Crippen molar-refractivity contribution in [1.29, 1.82) is 0 Å². The van der Waals surface area contributed by atoms with Crippen LogP contribution in [0.5, 0.6) is 5.75 Å². The van der Waals surface area contributed by atoms with Gasteiger partial charge in [-0.15, -0.1) is 0 Å². The van der Waals surface area contributed by atoms with Crippen molar-refractivity contribution in [3.8, 4) is 5.75 Å². The molecule has 0 bridgehead atoms. The molecule has 110 valence electrons. The van der Waals surface area contributed by atoms with Crippen LogP contribution in [-0.2, 0) is 4.79 Å². The number of rotatable bonds is 5. The highest BCUT2D eigenvalue weighted by atomic mass is 19.1. The van der Waals surface area contributed by atoms with E-state index in [0.29, 0.717) is 5.56 Å². The topological polar surface area (TPSA) is 49.8 Å². The quantitative estimate of drug-likeness (QED) is 0.841. The summed E-state index contributed by atoms with van der Waals surface area (Å²) in [5.41, 5.74) is -0.0843. The first kappa shape index (κ1) is 16.2. The summed E-state index contributed by atoms with van der Waals surface area (Å²) in [5.74, 6) is -0.585. The van der Waals surface area contributed by atoms with Gasteiger partial charge in [-0.2, -0.15) is 0 Å². The van der Waals surface area contributed by atoms with Gasteiger partial charge in [-0.3, -0.25) is 4.79 Å². The van der Waals surface area contributed by atoms with Gasteiger partial charge in [0.1, 0.15) is 0 Å². The van der Waals surface area contributed by atoms with Gasteiger partial charge in [0.05, 0.1) is 19.3 Å². The number of hydrogen-bond acceptors (Lipinski definition) is 3. The zero-order valence-electron chi connectivity index (χ0n) is 12.2. The summed E-state index contributed by atoms with van der Waals surface area (Å²) in [5, 5.41) is 9.21. The van der Waals surface area contributed by atoms with Crippen molar-refractivity contribution < 1.29 is 19.0 Å². The maximum Gasteiger partial charge on any atom is 0.246 e. The summed E-state index contributed by atoms with van der Waals surface area (Å²) in [7, 11) is 3.00. The molecule has 0 aliphatic rings. The fourth-order valence-electron chi connectivity index (χ4n) is 1.47. The molecule has 1 amide bonds. The molecule has 0 aliphatic heterocycles. The molecule has 0 spiro atoms. The first-order chi connectivity index (χ1) is 9.31. The summed E-state index contributed by atoms with van der Waals surface area (Å²) in [4.78, 5) is 13.4. The number of carbonyl (C=O) groups excluding carboxylic acids is 1. The summed E-state index contributed by atoms with van der Waals surface area (Å²) >= 11 is 0. The Labute approximate surface area is 118 Å². The number of benzene rings is 1. The van der Waals surface area contributed by atoms with E-state index in [-0.39, 0.29) is 18.3 Å². The van der Waals surface area contributed by atoms with Crippen molar-refractivity contribution in [2.75, 3.05) is 20.8 Å². The molecule has 0 fully saturated rings. The summed E-state index contributed by atoms with van der Waals surface area (Å²) < 4.78 is 18.3. The molecule has 0 saturated carbocycles. The van der Waals surface area contributed by atoms with Gasteiger partial charge in [-0.25, -0.2) is 4.39 Å². The van der Waals surface area contributed by atoms with Crippen LogP contribution in [0.4, 0.5) is 4.39 Å². The van der Waals surface area contributed by atoms with Gasteiger partial charge in [0.2, 0.25) is 5.91 Å². The van der Waals surface area contributed by atoms with Gasteiger partial charge in [0.15, 0.2) is 11.6 Å². The maximum atomic E-state index is 13.5. The van der Waals surface area contributed by atoms with Crippen molar-refractivity contribution in [2.45, 2.75) is 19.4 Å². The number of ether oxygens (including phenoxy) is 1. The van der Waals surface area contributed by atoms with Crippen LogP contribution in [0.2, 0.25) is 0 Å². The minimum atomic E-state index is -0.646. The van der Waals surface area contributed by atoms with Crippen LogP contribution < -0.4 is 4.74 Å². The molecule has 0 saturated heterocycles. The number of aliphatic hydroxyl groups excluding tert-OH is 1. The Hall–Kier alpha value is -1.88. The highest BCUT2D eigenvalue weighted by Crippen LogP contribution is 2.18. The molecule has 0 atom stereocenters. The second kappa shape index (κ2) is 6.52. The Bertz CT molecular complexity index is 512. The van der Waals surface area contributed by atoms with E-state index in [1.165, 1.54) is 36.3 Å². The molecule has 4 nitrogen and oxygen atoms in total. The van der Waals surface area contributed by atoms with E-state index in [1.54, 1.807) is 27.0 Å². The van der Waals surface area contributed by atoms with Crippen molar-refractivity contribution in [3.05, 3.63) is 35.7 Å². The Balaban J connectivity index is 2.82. The first-order valence-electron chi connectivity index (χ1n) is 6.22. The number of amides is 1. The lowest BCUT2D eigenvalue weighted by Gasteiger charge is -2.33. The Morgan fingerprint density at radius 2 is 2.15 bits per heavy atom. The van der Waals surface area contributed by atoms with Crippen molar-refractivity contribution in [3.63, 3.8) is 0 Å². The monoisotopic (exact) mass is 281 g/mol. The van der Waals surface area contributed by atoms with Crippen LogP contribution in [0.15, 0.2) is 24.3 Å². The molecule has 0 aromatic heterocycles. The lowest BCUT2D eigenvalue weighted by Crippen LogP contribution is -2.47. The average molecular weight is 281 g/mol. The fraction of sp³-hybridized carbons (Fsp3) is 0.400. The molecule has 5 heteroatoms. The minimum absolute atomic E-state index is 0.139. The molecule has 20 heavy (non-hydrogen) atoms. The second-order valence-corrected chi connectivity index (χ2v) is 5.10. The lowest BCUT2D eigenvalue weighted by atomic mass is 10.1. The summed E-state index contributed by atoms with van der Waals surface area (Å²) in [6.07, 6.45) is 2.87. The zero-order chi connectivity index (χ0) is 15.3. The number of aliphatic hydroxyl groups is 1. The van der Waals surface area contributed by atoms with Gasteiger partial charge in [-0.05, 0) is 37.6 Å². The Morgan fingerprint density at radius 1 is 1.50 bits per heavy atom. The molecule has 1 N–H and O–H groups in total. The smallest absolute Gasteiger partial charge is 0.246 e. The minimum Gasteiger partial charge on any atom is -0.494 e. The van der Waals surface area contributed by atoms with Gasteiger partial charge in [0.25, 0.3) is 0 Å². The Kier molecular flexibility index (Phi) is 5.27. The van der Waals surface area contributed by atoms with E-state index in [9.17, 15) is 14.3 Å². The molecule has 0 radical (unpaired) electrons. The summed E-state index contributed by atoms with van der Waals surface area (Å²) in [6, 6.07) is 4.45. The molecule has 1 aromatic carbocycles. The second-order valence-electron chi connectivity index (χ2n) is 5.10. The third kappa shape index (κ3) is 3.81. The SMILES string of the molecule is COc1ccc(/C=C/C(=O)N(C)C(C)(C)CO)cc1F. The van der Waals surface area contributed by atoms with Crippen LogP contribution in [0.25, 0.3) is 6.08 Å². The highest BCUT2D eigenvalue weighted by molar-refractivity contribution is 5.92. The summed E-state index contributed by atoms with van der Waals surface area (Å²) in [6.45, 7) is 3.37. The van der Waals surface area contributed by atoms with Gasteiger partial charge in [-0.1, -0.05) is 6.07 Å². The van der Waals surface area contributed by atoms with Crippen LogP contribution in [0, 0.1) is 5.82 Å². The zero-order valence-corrected chi connectivity index (χ0v) is 12.2. The van der Waals surface area contributed by atoms with E-state index in [1.807, 2.05) is 0 Å². The van der Waals surface area contributed by atoms with E-state index in [0.717, 1.165) is 0 Å². The van der Waals surface area contributed by atoms with E-state index >= 15 is 0 Å². The van der Waals surface area contributed by atoms with E-state index in [4.69, 9.17) is 4.74 Å². The molecule has 1 aromatic rings. The third-order valence-corrected chi connectivity index (χ3v) is 3.22. The number of hydrogen-bond donors (Lipinski definition) is 1. The standard InChI is InChI=1S/C15H20FNO3/c1-15(2,10-18)17(3)14(19)8-6-11-5-7-13(20-4)12(16)9-11/h5-9,18H,10H2,1-4H3/b8-6+. The first-order valence-corrected chi connectivity index (χ1v) is 6.22. The Morgan fingerprint density at radius 3 is 2.65 bits per heavy atom. The average Bonchev–Trinajstić information content (AvgIpc) is 2.44. The van der Waals surface area contributed by atoms with Crippen molar-refractivity contribution >= 4 is 12.0 Å². The number of halogens is 1. The molecule has 0 heterocycles. The van der Waals surface area contributed by atoms with Crippen LogP contribution in [0.3, 0.4) is 0 Å². The third-order valence-electron chi connectivity index (χ3n) is 3.22. The number of likely N-dealkylation sites (N-methyl/N-ethyl adjacent to an activating group) is 1. The fourth-order valence-corrected chi connectivity index (χ4v) is 1.47. The van der Waals surface area contributed by atoms with Crippen molar-refractivity contribution in [2.24, 2.45) is 0 Å². The molecule has 1 rings (SSSR count). The molecule has 0 aliphatic carbocycles. The largest absolute Gasteiger partial charge is 0.494 e. The molecular formula is C15H20FNO3. The van der Waals surface area contributed by atoms with Gasteiger partial charge >= 0.3 is 0 Å². The van der Waals surface area contributed by atoms with Gasteiger partial charge in [0, 0.05) is 13.1 Å². The molecular weight excluding hydrogens is 261 g/mol. The lowest BCUT2D eigenvalue weighted by molar-refractivity contribution is -0.130. The predicted octanol–water partition coefficient (Wildman–Crippen LogP) is 2.08. The predicted molar refractivity (Wildman–Crippen MR) is 75.9 cm³/mol. The van der Waals surface area contributed by atoms with Crippen LogP contribution in [0.1, 0.15) is 19.4 Å². The van der Waals surface area contributed by atoms with Crippen LogP contribution >= 0.6 is 0 Å². The van der Waals surface area contributed by atoms with Crippen molar-refractivity contribution in [1.82, 2.24) is 4.90 Å². The molecule has 0 unspecified atom stereocenters. The highest BCUT2D eigenvalue weighted by Gasteiger charge is 2.25. The number of carbonyl (C=O) groups is 1. The van der Waals surface area contributed by atoms with E-state index in [2.05, 4.69) is 0 Å². The number of nitrogens with zero attached hydrogens (tertiary/aromatic N) is 1.